The molecule has 0 aliphatic carbocycles. The predicted molar refractivity (Wildman–Crippen MR) is 85.5 cm³/mol. The zero-order chi connectivity index (χ0) is 15.2. The monoisotopic (exact) mass is 286 g/mol. The van der Waals surface area contributed by atoms with Crippen molar-refractivity contribution >= 4 is 11.6 Å². The first-order chi connectivity index (χ1) is 10.8. The zero-order valence-corrected chi connectivity index (χ0v) is 11.9. The van der Waals surface area contributed by atoms with Crippen molar-refractivity contribution in [1.82, 2.24) is 14.8 Å². The number of allylic oxidation sites excluding steroid dienone is 1. The molecule has 0 aliphatic rings. The molecule has 22 heavy (non-hydrogen) atoms. The summed E-state index contributed by atoms with van der Waals surface area (Å²) in [5.41, 5.74) is 3.96. The molecule has 0 saturated heterocycles. The van der Waals surface area contributed by atoms with E-state index in [1.54, 1.807) is 11.0 Å². The maximum absolute atomic E-state index is 8.92. The van der Waals surface area contributed by atoms with Gasteiger partial charge in [0.15, 0.2) is 0 Å². The molecule has 0 amide bonds. The molecule has 0 atom stereocenters. The average Bonchev–Trinajstić information content (AvgIpc) is 3.08. The Kier molecular flexibility index (Phi) is 4.08. The van der Waals surface area contributed by atoms with Crippen molar-refractivity contribution in [2.45, 2.75) is 6.54 Å². The van der Waals surface area contributed by atoms with Crippen LogP contribution >= 0.6 is 0 Å². The molecule has 2 aromatic carbocycles. The van der Waals surface area contributed by atoms with Gasteiger partial charge in [-0.25, -0.2) is 9.67 Å². The van der Waals surface area contributed by atoms with E-state index >= 15 is 0 Å². The number of nitrogens with zero attached hydrogens (tertiary/aromatic N) is 4. The summed E-state index contributed by atoms with van der Waals surface area (Å²) in [7, 11) is 0. The molecule has 4 heteroatoms. The largest absolute Gasteiger partial charge is 0.249 e. The summed E-state index contributed by atoms with van der Waals surface area (Å²) in [6.07, 6.45) is 5.35. The Balaban J connectivity index is 1.98. The van der Waals surface area contributed by atoms with Crippen molar-refractivity contribution < 1.29 is 0 Å². The lowest BCUT2D eigenvalue weighted by atomic mass is 10.0. The van der Waals surface area contributed by atoms with Gasteiger partial charge in [-0.2, -0.15) is 10.4 Å². The first-order valence-electron chi connectivity index (χ1n) is 6.94. The summed E-state index contributed by atoms with van der Waals surface area (Å²) >= 11 is 0. The van der Waals surface area contributed by atoms with Crippen molar-refractivity contribution in [1.29, 1.82) is 5.26 Å². The van der Waals surface area contributed by atoms with Crippen LogP contribution in [0.25, 0.3) is 11.6 Å². The van der Waals surface area contributed by atoms with Crippen LogP contribution in [-0.4, -0.2) is 14.8 Å². The van der Waals surface area contributed by atoms with Gasteiger partial charge in [-0.3, -0.25) is 0 Å². The van der Waals surface area contributed by atoms with E-state index in [0.717, 1.165) is 16.7 Å². The normalized spacial score (nSPS) is 11.1. The highest BCUT2D eigenvalue weighted by Gasteiger charge is 2.04. The predicted octanol–water partition coefficient (Wildman–Crippen LogP) is 3.39. The fourth-order valence-electron chi connectivity index (χ4n) is 2.22. The first kappa shape index (κ1) is 13.8. The molecule has 0 unspecified atom stereocenters. The van der Waals surface area contributed by atoms with Crippen LogP contribution in [0.4, 0.5) is 0 Å². The maximum Gasteiger partial charge on any atom is 0.137 e. The Labute approximate surface area is 129 Å². The molecule has 0 radical (unpaired) electrons. The van der Waals surface area contributed by atoms with E-state index in [9.17, 15) is 0 Å². The number of benzene rings is 2. The molecule has 0 saturated carbocycles. The van der Waals surface area contributed by atoms with Crippen molar-refractivity contribution in [2.24, 2.45) is 0 Å². The fourth-order valence-corrected chi connectivity index (χ4v) is 2.22. The van der Waals surface area contributed by atoms with Gasteiger partial charge < -0.3 is 0 Å². The zero-order valence-electron chi connectivity index (χ0n) is 11.9. The highest BCUT2D eigenvalue weighted by atomic mass is 15.3. The second-order valence-electron chi connectivity index (χ2n) is 4.86. The molecule has 3 aromatic rings. The van der Waals surface area contributed by atoms with E-state index in [4.69, 9.17) is 5.26 Å². The molecule has 0 N–H and O–H groups in total. The van der Waals surface area contributed by atoms with Crippen LogP contribution in [0, 0.1) is 11.3 Å². The number of nitriles is 1. The topological polar surface area (TPSA) is 54.5 Å². The lowest BCUT2D eigenvalue weighted by Crippen LogP contribution is -2.01. The summed E-state index contributed by atoms with van der Waals surface area (Å²) in [4.78, 5) is 3.98. The third-order valence-electron chi connectivity index (χ3n) is 3.32. The van der Waals surface area contributed by atoms with Gasteiger partial charge in [0.1, 0.15) is 12.7 Å². The summed E-state index contributed by atoms with van der Waals surface area (Å²) in [5.74, 6) is 0. The summed E-state index contributed by atoms with van der Waals surface area (Å²) < 4.78 is 1.78. The number of hydrogen-bond donors (Lipinski definition) is 0. The summed E-state index contributed by atoms with van der Waals surface area (Å²) in [6, 6.07) is 19.9. The molecule has 1 aromatic heterocycles. The van der Waals surface area contributed by atoms with E-state index in [0.29, 0.717) is 12.1 Å². The Morgan fingerprint density at radius 3 is 2.50 bits per heavy atom. The van der Waals surface area contributed by atoms with E-state index < -0.39 is 0 Å². The van der Waals surface area contributed by atoms with E-state index in [-0.39, 0.29) is 0 Å². The lowest BCUT2D eigenvalue weighted by molar-refractivity contribution is 0.711. The Hall–Kier alpha value is -3.19. The quantitative estimate of drug-likeness (QED) is 0.691. The van der Waals surface area contributed by atoms with Gasteiger partial charge >= 0.3 is 0 Å². The minimum Gasteiger partial charge on any atom is -0.249 e. The molecule has 0 aliphatic heterocycles. The average molecular weight is 286 g/mol. The molecular formula is C18H14N4. The standard InChI is InChI=1S/C18H14N4/c19-11-16-6-8-17(9-7-16)18(12-22-14-20-13-21-22)10-15-4-2-1-3-5-15/h1-10,13-14H,12H2. The first-order valence-corrected chi connectivity index (χ1v) is 6.94. The molecular weight excluding hydrogens is 272 g/mol. The third-order valence-corrected chi connectivity index (χ3v) is 3.32. The molecule has 0 fully saturated rings. The second kappa shape index (κ2) is 6.51. The second-order valence-corrected chi connectivity index (χ2v) is 4.86. The molecule has 1 heterocycles. The summed E-state index contributed by atoms with van der Waals surface area (Å²) in [6.45, 7) is 0.626. The van der Waals surface area contributed by atoms with Crippen LogP contribution in [0.3, 0.4) is 0 Å². The molecule has 3 rings (SSSR count). The number of hydrogen-bond acceptors (Lipinski definition) is 3. The van der Waals surface area contributed by atoms with Gasteiger partial charge in [-0.15, -0.1) is 0 Å². The van der Waals surface area contributed by atoms with E-state index in [1.165, 1.54) is 6.33 Å². The molecule has 0 spiro atoms. The van der Waals surface area contributed by atoms with Crippen LogP contribution in [-0.2, 0) is 6.54 Å². The molecule has 106 valence electrons. The molecule has 0 bridgehead atoms. The van der Waals surface area contributed by atoms with Crippen LogP contribution in [0.2, 0.25) is 0 Å². The Morgan fingerprint density at radius 2 is 1.86 bits per heavy atom. The molecule has 4 nitrogen and oxygen atoms in total. The Morgan fingerprint density at radius 1 is 1.09 bits per heavy atom. The van der Waals surface area contributed by atoms with Crippen LogP contribution < -0.4 is 0 Å². The minimum absolute atomic E-state index is 0.626. The highest BCUT2D eigenvalue weighted by molar-refractivity contribution is 5.81. The third kappa shape index (κ3) is 3.28. The van der Waals surface area contributed by atoms with Crippen LogP contribution in [0.15, 0.2) is 67.3 Å². The number of rotatable bonds is 4. The van der Waals surface area contributed by atoms with E-state index in [1.807, 2.05) is 42.5 Å². The van der Waals surface area contributed by atoms with Gasteiger partial charge in [-0.05, 0) is 34.9 Å². The van der Waals surface area contributed by atoms with Crippen molar-refractivity contribution in [3.05, 3.63) is 83.9 Å². The van der Waals surface area contributed by atoms with Gasteiger partial charge in [0, 0.05) is 0 Å². The lowest BCUT2D eigenvalue weighted by Gasteiger charge is -2.09. The van der Waals surface area contributed by atoms with Gasteiger partial charge in [-0.1, -0.05) is 42.5 Å². The van der Waals surface area contributed by atoms with Crippen LogP contribution in [0.1, 0.15) is 16.7 Å². The van der Waals surface area contributed by atoms with Gasteiger partial charge in [0.25, 0.3) is 0 Å². The van der Waals surface area contributed by atoms with Crippen molar-refractivity contribution in [2.75, 3.05) is 0 Å². The van der Waals surface area contributed by atoms with Gasteiger partial charge in [0.2, 0.25) is 0 Å². The summed E-state index contributed by atoms with van der Waals surface area (Å²) in [5, 5.41) is 13.1. The number of aromatic nitrogens is 3. The smallest absolute Gasteiger partial charge is 0.137 e. The highest BCUT2D eigenvalue weighted by Crippen LogP contribution is 2.20. The van der Waals surface area contributed by atoms with E-state index in [2.05, 4.69) is 34.4 Å². The van der Waals surface area contributed by atoms with Gasteiger partial charge in [0.05, 0.1) is 18.2 Å². The minimum atomic E-state index is 0.626. The Bertz CT molecular complexity index is 795. The maximum atomic E-state index is 8.92. The fraction of sp³-hybridized carbons (Fsp3) is 0.0556. The van der Waals surface area contributed by atoms with Crippen LogP contribution in [0.5, 0.6) is 0 Å². The van der Waals surface area contributed by atoms with Crippen molar-refractivity contribution in [3.63, 3.8) is 0 Å². The SMILES string of the molecule is N#Cc1ccc(C(=Cc2ccccc2)Cn2cncn2)cc1. The van der Waals surface area contributed by atoms with Crippen molar-refractivity contribution in [3.8, 4) is 6.07 Å².